The molecular formula is C18H21N3. The second-order valence-corrected chi connectivity index (χ2v) is 5.25. The van der Waals surface area contributed by atoms with Gasteiger partial charge >= 0.3 is 0 Å². The van der Waals surface area contributed by atoms with Crippen LogP contribution in [-0.2, 0) is 6.42 Å². The topological polar surface area (TPSA) is 36.4 Å². The number of rotatable bonds is 4. The molecule has 3 heteroatoms. The fourth-order valence-electron chi connectivity index (χ4n) is 2.47. The molecule has 21 heavy (non-hydrogen) atoms. The highest BCUT2D eigenvalue weighted by Crippen LogP contribution is 2.19. The SMILES string of the molecule is c1ccc(-c2ccc(CCNC3=NCCCN3)cc2)cc1. The van der Waals surface area contributed by atoms with Gasteiger partial charge in [0.2, 0.25) is 0 Å². The van der Waals surface area contributed by atoms with E-state index < -0.39 is 0 Å². The minimum absolute atomic E-state index is 0.913. The molecule has 0 radical (unpaired) electrons. The van der Waals surface area contributed by atoms with Crippen molar-refractivity contribution < 1.29 is 0 Å². The number of aliphatic imine (C=N–C) groups is 1. The Morgan fingerprint density at radius 3 is 2.43 bits per heavy atom. The van der Waals surface area contributed by atoms with Gasteiger partial charge in [-0.3, -0.25) is 4.99 Å². The van der Waals surface area contributed by atoms with E-state index in [4.69, 9.17) is 0 Å². The van der Waals surface area contributed by atoms with E-state index in [-0.39, 0.29) is 0 Å². The lowest BCUT2D eigenvalue weighted by atomic mass is 10.0. The van der Waals surface area contributed by atoms with Crippen molar-refractivity contribution in [1.29, 1.82) is 0 Å². The molecule has 3 nitrogen and oxygen atoms in total. The Bertz CT molecular complexity index is 588. The first kappa shape index (κ1) is 13.7. The third kappa shape index (κ3) is 3.85. The van der Waals surface area contributed by atoms with Crippen LogP contribution in [0.3, 0.4) is 0 Å². The van der Waals surface area contributed by atoms with Crippen LogP contribution in [0.1, 0.15) is 12.0 Å². The van der Waals surface area contributed by atoms with Gasteiger partial charge < -0.3 is 10.6 Å². The summed E-state index contributed by atoms with van der Waals surface area (Å²) < 4.78 is 0. The molecule has 0 spiro atoms. The predicted molar refractivity (Wildman–Crippen MR) is 88.5 cm³/mol. The first-order valence-corrected chi connectivity index (χ1v) is 7.58. The lowest BCUT2D eigenvalue weighted by Gasteiger charge is -2.15. The normalized spacial score (nSPS) is 14.2. The summed E-state index contributed by atoms with van der Waals surface area (Å²) in [6.45, 7) is 2.87. The Morgan fingerprint density at radius 1 is 0.952 bits per heavy atom. The monoisotopic (exact) mass is 279 g/mol. The molecule has 2 N–H and O–H groups in total. The lowest BCUT2D eigenvalue weighted by molar-refractivity contribution is 0.700. The highest BCUT2D eigenvalue weighted by atomic mass is 15.2. The molecule has 108 valence electrons. The van der Waals surface area contributed by atoms with Crippen molar-refractivity contribution in [2.24, 2.45) is 4.99 Å². The van der Waals surface area contributed by atoms with Crippen molar-refractivity contribution in [2.45, 2.75) is 12.8 Å². The highest BCUT2D eigenvalue weighted by Gasteiger charge is 2.02. The van der Waals surface area contributed by atoms with Crippen molar-refractivity contribution in [3.8, 4) is 11.1 Å². The molecule has 1 heterocycles. The smallest absolute Gasteiger partial charge is 0.191 e. The first-order valence-electron chi connectivity index (χ1n) is 7.58. The summed E-state index contributed by atoms with van der Waals surface area (Å²) in [7, 11) is 0. The summed E-state index contributed by atoms with van der Waals surface area (Å²) >= 11 is 0. The quantitative estimate of drug-likeness (QED) is 0.903. The molecule has 0 bridgehead atoms. The Labute approximate surface area is 126 Å². The van der Waals surface area contributed by atoms with Gasteiger partial charge in [0.15, 0.2) is 5.96 Å². The van der Waals surface area contributed by atoms with Crippen molar-refractivity contribution in [3.05, 3.63) is 60.2 Å². The van der Waals surface area contributed by atoms with Gasteiger partial charge in [-0.15, -0.1) is 0 Å². The molecule has 1 aliphatic rings. The molecular weight excluding hydrogens is 258 g/mol. The van der Waals surface area contributed by atoms with Crippen molar-refractivity contribution >= 4 is 5.96 Å². The van der Waals surface area contributed by atoms with E-state index in [1.165, 1.54) is 16.7 Å². The Hall–Kier alpha value is -2.29. The molecule has 2 aromatic rings. The number of nitrogens with zero attached hydrogens (tertiary/aromatic N) is 1. The Morgan fingerprint density at radius 2 is 1.71 bits per heavy atom. The summed E-state index contributed by atoms with van der Waals surface area (Å²) in [6.07, 6.45) is 2.14. The molecule has 0 saturated heterocycles. The molecule has 0 fully saturated rings. The number of guanidine groups is 1. The van der Waals surface area contributed by atoms with Gasteiger partial charge in [-0.25, -0.2) is 0 Å². The molecule has 0 saturated carbocycles. The van der Waals surface area contributed by atoms with Crippen LogP contribution in [0.15, 0.2) is 59.6 Å². The third-order valence-corrected chi connectivity index (χ3v) is 3.66. The summed E-state index contributed by atoms with van der Waals surface area (Å²) in [5.41, 5.74) is 3.88. The van der Waals surface area contributed by atoms with Crippen molar-refractivity contribution in [3.63, 3.8) is 0 Å². The third-order valence-electron chi connectivity index (χ3n) is 3.66. The second kappa shape index (κ2) is 6.93. The van der Waals surface area contributed by atoms with Gasteiger partial charge in [0.05, 0.1) is 0 Å². The van der Waals surface area contributed by atoms with Gasteiger partial charge in [-0.05, 0) is 29.5 Å². The van der Waals surface area contributed by atoms with Gasteiger partial charge in [0, 0.05) is 19.6 Å². The molecule has 0 aromatic heterocycles. The minimum atomic E-state index is 0.913. The zero-order valence-electron chi connectivity index (χ0n) is 12.2. The van der Waals surface area contributed by atoms with Crippen LogP contribution in [0, 0.1) is 0 Å². The summed E-state index contributed by atoms with van der Waals surface area (Å²) in [4.78, 5) is 4.41. The maximum Gasteiger partial charge on any atom is 0.191 e. The average Bonchev–Trinajstić information content (AvgIpc) is 2.57. The van der Waals surface area contributed by atoms with E-state index in [2.05, 4.69) is 64.2 Å². The maximum absolute atomic E-state index is 4.41. The zero-order chi connectivity index (χ0) is 14.3. The number of hydrogen-bond acceptors (Lipinski definition) is 3. The molecule has 3 rings (SSSR count). The van der Waals surface area contributed by atoms with Crippen molar-refractivity contribution in [2.75, 3.05) is 19.6 Å². The Balaban J connectivity index is 1.54. The molecule has 0 unspecified atom stereocenters. The predicted octanol–water partition coefficient (Wildman–Crippen LogP) is 2.83. The van der Waals surface area contributed by atoms with Crippen LogP contribution in [-0.4, -0.2) is 25.6 Å². The maximum atomic E-state index is 4.41. The molecule has 0 atom stereocenters. The fourth-order valence-corrected chi connectivity index (χ4v) is 2.47. The van der Waals surface area contributed by atoms with E-state index in [0.29, 0.717) is 0 Å². The van der Waals surface area contributed by atoms with Gasteiger partial charge in [0.1, 0.15) is 0 Å². The van der Waals surface area contributed by atoms with E-state index in [1.807, 2.05) is 6.07 Å². The summed E-state index contributed by atoms with van der Waals surface area (Å²) in [6, 6.07) is 19.3. The number of hydrogen-bond donors (Lipinski definition) is 2. The molecule has 2 aromatic carbocycles. The minimum Gasteiger partial charge on any atom is -0.356 e. The lowest BCUT2D eigenvalue weighted by Crippen LogP contribution is -2.41. The number of nitrogens with one attached hydrogen (secondary N) is 2. The largest absolute Gasteiger partial charge is 0.356 e. The molecule has 1 aliphatic heterocycles. The van der Waals surface area contributed by atoms with Gasteiger partial charge in [0.25, 0.3) is 0 Å². The highest BCUT2D eigenvalue weighted by molar-refractivity contribution is 5.80. The van der Waals surface area contributed by atoms with Crippen LogP contribution in [0.4, 0.5) is 0 Å². The van der Waals surface area contributed by atoms with Gasteiger partial charge in [-0.2, -0.15) is 0 Å². The van der Waals surface area contributed by atoms with Crippen LogP contribution < -0.4 is 10.6 Å². The van der Waals surface area contributed by atoms with Crippen molar-refractivity contribution in [1.82, 2.24) is 10.6 Å². The second-order valence-electron chi connectivity index (χ2n) is 5.25. The zero-order valence-corrected chi connectivity index (χ0v) is 12.2. The van der Waals surface area contributed by atoms with Crippen LogP contribution >= 0.6 is 0 Å². The molecule has 0 aliphatic carbocycles. The Kier molecular flexibility index (Phi) is 4.52. The number of benzene rings is 2. The van der Waals surface area contributed by atoms with E-state index in [9.17, 15) is 0 Å². The van der Waals surface area contributed by atoms with Crippen LogP contribution in [0.25, 0.3) is 11.1 Å². The summed E-state index contributed by atoms with van der Waals surface area (Å²) in [5, 5.41) is 6.63. The van der Waals surface area contributed by atoms with E-state index >= 15 is 0 Å². The standard InChI is InChI=1S/C18H21N3/c1-2-5-16(6-3-1)17-9-7-15(8-10-17)11-14-21-18-19-12-4-13-20-18/h1-3,5-10H,4,11-14H2,(H2,19,20,21). The van der Waals surface area contributed by atoms with E-state index in [1.54, 1.807) is 0 Å². The first-order chi connectivity index (χ1) is 10.4. The average molecular weight is 279 g/mol. The summed E-state index contributed by atoms with van der Waals surface area (Å²) in [5.74, 6) is 0.946. The molecule has 0 amide bonds. The fraction of sp³-hybridized carbons (Fsp3) is 0.278. The van der Waals surface area contributed by atoms with E-state index in [0.717, 1.165) is 38.4 Å². The van der Waals surface area contributed by atoms with Crippen LogP contribution in [0.2, 0.25) is 0 Å². The van der Waals surface area contributed by atoms with Crippen LogP contribution in [0.5, 0.6) is 0 Å². The van der Waals surface area contributed by atoms with Gasteiger partial charge in [-0.1, -0.05) is 54.6 Å².